The van der Waals surface area contributed by atoms with Crippen LogP contribution in [-0.2, 0) is 6.54 Å². The molecule has 0 atom stereocenters. The maximum atomic E-state index is 13.7. The van der Waals surface area contributed by atoms with Crippen molar-refractivity contribution in [1.82, 2.24) is 5.32 Å². The predicted octanol–water partition coefficient (Wildman–Crippen LogP) is 3.32. The number of hydrogen-bond donors (Lipinski definition) is 1. The average molecular weight is 274 g/mol. The molecule has 0 aliphatic rings. The minimum Gasteiger partial charge on any atom is -0.497 e. The number of nitrogens with one attached hydrogen (secondary N) is 1. The van der Waals surface area contributed by atoms with E-state index < -0.39 is 0 Å². The second kappa shape index (κ2) is 6.39. The van der Waals surface area contributed by atoms with Crippen LogP contribution in [0.2, 0.25) is 0 Å². The lowest BCUT2D eigenvalue weighted by molar-refractivity contribution is 0.415. The van der Waals surface area contributed by atoms with Gasteiger partial charge in [0.15, 0.2) is 0 Å². The topological polar surface area (TPSA) is 24.5 Å². The van der Waals surface area contributed by atoms with Crippen LogP contribution in [0, 0.1) is 5.82 Å². The van der Waals surface area contributed by atoms with E-state index in [4.69, 9.17) is 4.74 Å². The van der Waals surface area contributed by atoms with Gasteiger partial charge in [0.25, 0.3) is 0 Å². The van der Waals surface area contributed by atoms with E-state index in [0.29, 0.717) is 6.54 Å². The van der Waals surface area contributed by atoms with Gasteiger partial charge in [0, 0.05) is 25.0 Å². The quantitative estimate of drug-likeness (QED) is 0.905. The van der Waals surface area contributed by atoms with E-state index in [1.165, 1.54) is 6.07 Å². The first-order valence-electron chi connectivity index (χ1n) is 6.46. The van der Waals surface area contributed by atoms with Crippen LogP contribution in [0.5, 0.6) is 5.75 Å². The van der Waals surface area contributed by atoms with Crippen molar-refractivity contribution in [3.63, 3.8) is 0 Å². The molecule has 20 heavy (non-hydrogen) atoms. The molecule has 0 fully saturated rings. The minimum atomic E-state index is -0.229. The fourth-order valence-corrected chi connectivity index (χ4v) is 2.09. The monoisotopic (exact) mass is 274 g/mol. The molecule has 0 spiro atoms. The predicted molar refractivity (Wildman–Crippen MR) is 80.2 cm³/mol. The first-order valence-corrected chi connectivity index (χ1v) is 6.46. The average Bonchev–Trinajstić information content (AvgIpc) is 2.46. The summed E-state index contributed by atoms with van der Waals surface area (Å²) in [4.78, 5) is 1.95. The van der Waals surface area contributed by atoms with Gasteiger partial charge in [-0.15, -0.1) is 0 Å². The van der Waals surface area contributed by atoms with Gasteiger partial charge >= 0.3 is 0 Å². The van der Waals surface area contributed by atoms with Crippen molar-refractivity contribution < 1.29 is 9.13 Å². The Morgan fingerprint density at radius 2 is 1.80 bits per heavy atom. The van der Waals surface area contributed by atoms with Crippen LogP contribution in [0.25, 0.3) is 0 Å². The van der Waals surface area contributed by atoms with Gasteiger partial charge in [-0.25, -0.2) is 4.39 Å². The Hall–Kier alpha value is -2.07. The number of anilines is 2. The summed E-state index contributed by atoms with van der Waals surface area (Å²) >= 11 is 0. The van der Waals surface area contributed by atoms with Crippen LogP contribution in [-0.4, -0.2) is 21.2 Å². The van der Waals surface area contributed by atoms with Crippen molar-refractivity contribution in [2.75, 3.05) is 26.1 Å². The molecule has 0 bridgehead atoms. The van der Waals surface area contributed by atoms with Crippen LogP contribution in [0.15, 0.2) is 42.5 Å². The Morgan fingerprint density at radius 1 is 1.10 bits per heavy atom. The lowest BCUT2D eigenvalue weighted by atomic mass is 10.1. The summed E-state index contributed by atoms with van der Waals surface area (Å²) in [6.07, 6.45) is 0. The fraction of sp³-hybridized carbons (Fsp3) is 0.250. The Balaban J connectivity index is 2.29. The number of hydrogen-bond acceptors (Lipinski definition) is 3. The Morgan fingerprint density at radius 3 is 2.40 bits per heavy atom. The molecule has 0 aliphatic carbocycles. The maximum absolute atomic E-state index is 13.7. The van der Waals surface area contributed by atoms with E-state index in [-0.39, 0.29) is 5.82 Å². The van der Waals surface area contributed by atoms with E-state index in [1.54, 1.807) is 13.2 Å². The van der Waals surface area contributed by atoms with E-state index >= 15 is 0 Å². The highest BCUT2D eigenvalue weighted by Crippen LogP contribution is 2.27. The molecular weight excluding hydrogens is 255 g/mol. The zero-order valence-electron chi connectivity index (χ0n) is 12.0. The van der Waals surface area contributed by atoms with E-state index in [0.717, 1.165) is 22.7 Å². The van der Waals surface area contributed by atoms with Gasteiger partial charge in [-0.05, 0) is 55.1 Å². The minimum absolute atomic E-state index is 0.229. The summed E-state index contributed by atoms with van der Waals surface area (Å²) in [6.45, 7) is 0.640. The van der Waals surface area contributed by atoms with Crippen LogP contribution >= 0.6 is 0 Å². The van der Waals surface area contributed by atoms with Gasteiger partial charge in [-0.3, -0.25) is 0 Å². The first kappa shape index (κ1) is 14.3. The fourth-order valence-electron chi connectivity index (χ4n) is 2.09. The zero-order valence-corrected chi connectivity index (χ0v) is 12.0. The van der Waals surface area contributed by atoms with Gasteiger partial charge in [-0.2, -0.15) is 0 Å². The number of nitrogens with zero attached hydrogens (tertiary/aromatic N) is 1. The molecule has 106 valence electrons. The van der Waals surface area contributed by atoms with Crippen LogP contribution in [0.3, 0.4) is 0 Å². The number of rotatable bonds is 5. The molecule has 0 aliphatic heterocycles. The molecule has 0 saturated heterocycles. The second-order valence-electron chi connectivity index (χ2n) is 4.61. The van der Waals surface area contributed by atoms with Crippen molar-refractivity contribution in [2.45, 2.75) is 6.54 Å². The van der Waals surface area contributed by atoms with Crippen molar-refractivity contribution in [1.29, 1.82) is 0 Å². The van der Waals surface area contributed by atoms with E-state index in [1.807, 2.05) is 49.3 Å². The SMILES string of the molecule is CNCc1cc(F)cc(N(C)c2ccc(OC)cc2)c1. The summed E-state index contributed by atoms with van der Waals surface area (Å²) in [7, 11) is 5.40. The maximum Gasteiger partial charge on any atom is 0.125 e. The summed E-state index contributed by atoms with van der Waals surface area (Å²) in [5.41, 5.74) is 2.72. The van der Waals surface area contributed by atoms with Crippen molar-refractivity contribution in [3.8, 4) is 5.75 Å². The molecule has 3 nitrogen and oxygen atoms in total. The molecule has 2 aromatic rings. The highest BCUT2D eigenvalue weighted by Gasteiger charge is 2.07. The third kappa shape index (κ3) is 3.27. The molecule has 0 aromatic heterocycles. The summed E-state index contributed by atoms with van der Waals surface area (Å²) in [6, 6.07) is 12.7. The molecule has 0 saturated carbocycles. The van der Waals surface area contributed by atoms with Gasteiger partial charge in [0.2, 0.25) is 0 Å². The summed E-state index contributed by atoms with van der Waals surface area (Å²) in [5, 5.41) is 3.03. The molecule has 1 N–H and O–H groups in total. The van der Waals surface area contributed by atoms with Crippen LogP contribution < -0.4 is 15.0 Å². The summed E-state index contributed by atoms with van der Waals surface area (Å²) in [5.74, 6) is 0.574. The van der Waals surface area contributed by atoms with Gasteiger partial charge in [0.05, 0.1) is 7.11 Å². The van der Waals surface area contributed by atoms with Crippen molar-refractivity contribution in [2.24, 2.45) is 0 Å². The number of ether oxygens (including phenoxy) is 1. The smallest absolute Gasteiger partial charge is 0.125 e. The van der Waals surface area contributed by atoms with Crippen LogP contribution in [0.1, 0.15) is 5.56 Å². The Labute approximate surface area is 119 Å². The normalized spacial score (nSPS) is 10.4. The lowest BCUT2D eigenvalue weighted by Gasteiger charge is -2.20. The van der Waals surface area contributed by atoms with Crippen molar-refractivity contribution in [3.05, 3.63) is 53.8 Å². The molecule has 0 amide bonds. The molecule has 0 heterocycles. The summed E-state index contributed by atoms with van der Waals surface area (Å²) < 4.78 is 18.8. The zero-order chi connectivity index (χ0) is 14.5. The molecule has 4 heteroatoms. The second-order valence-corrected chi connectivity index (χ2v) is 4.61. The molecule has 2 rings (SSSR count). The first-order chi connectivity index (χ1) is 9.63. The highest BCUT2D eigenvalue weighted by atomic mass is 19.1. The van der Waals surface area contributed by atoms with E-state index in [9.17, 15) is 4.39 Å². The van der Waals surface area contributed by atoms with Crippen LogP contribution in [0.4, 0.5) is 15.8 Å². The number of halogens is 1. The molecule has 2 aromatic carbocycles. The Kier molecular flexibility index (Phi) is 4.58. The van der Waals surface area contributed by atoms with Gasteiger partial charge in [-0.1, -0.05) is 0 Å². The molecular formula is C16H19FN2O. The lowest BCUT2D eigenvalue weighted by Crippen LogP contribution is -2.11. The molecule has 0 unspecified atom stereocenters. The third-order valence-electron chi connectivity index (χ3n) is 3.17. The standard InChI is InChI=1S/C16H19FN2O/c1-18-11-12-8-13(17)10-15(9-12)19(2)14-4-6-16(20-3)7-5-14/h4-10,18H,11H2,1-3H3. The van der Waals surface area contributed by atoms with Gasteiger partial charge < -0.3 is 15.0 Å². The largest absolute Gasteiger partial charge is 0.497 e. The molecule has 0 radical (unpaired) electrons. The van der Waals surface area contributed by atoms with E-state index in [2.05, 4.69) is 5.32 Å². The number of benzene rings is 2. The highest BCUT2D eigenvalue weighted by molar-refractivity contribution is 5.63. The Bertz CT molecular complexity index is 569. The van der Waals surface area contributed by atoms with Crippen molar-refractivity contribution >= 4 is 11.4 Å². The number of methoxy groups -OCH3 is 1. The van der Waals surface area contributed by atoms with Gasteiger partial charge in [0.1, 0.15) is 11.6 Å². The third-order valence-corrected chi connectivity index (χ3v) is 3.17.